The van der Waals surface area contributed by atoms with E-state index in [1.165, 1.54) is 10.3 Å². The molecule has 3 aromatic rings. The van der Waals surface area contributed by atoms with Gasteiger partial charge in [-0.3, -0.25) is 0 Å². The number of para-hydroxylation sites is 1. The highest BCUT2D eigenvalue weighted by molar-refractivity contribution is 7.18. The number of fused-ring (bicyclic) bond motifs is 1. The molecule has 0 unspecified atom stereocenters. The van der Waals surface area contributed by atoms with Crippen LogP contribution in [0.4, 0.5) is 0 Å². The van der Waals surface area contributed by atoms with Gasteiger partial charge in [0.15, 0.2) is 0 Å². The van der Waals surface area contributed by atoms with Gasteiger partial charge >= 0.3 is 0 Å². The van der Waals surface area contributed by atoms with Crippen molar-refractivity contribution >= 4 is 33.2 Å². The Bertz CT molecular complexity index is 643. The topological polar surface area (TPSA) is 24.9 Å². The van der Waals surface area contributed by atoms with E-state index in [4.69, 9.17) is 11.6 Å². The summed E-state index contributed by atoms with van der Waals surface area (Å²) in [6, 6.07) is 16.1. The van der Waals surface area contributed by atoms with Crippen LogP contribution in [0.5, 0.6) is 0 Å². The number of nitrogens with zero attached hydrogens (tertiary/aromatic N) is 1. The fraction of sp³-hybridized carbons (Fsp3) is 0.133. The molecule has 0 bridgehead atoms. The zero-order valence-corrected chi connectivity index (χ0v) is 11.8. The van der Waals surface area contributed by atoms with Crippen LogP contribution in [0.1, 0.15) is 10.6 Å². The van der Waals surface area contributed by atoms with Crippen molar-refractivity contribution in [3.8, 4) is 0 Å². The van der Waals surface area contributed by atoms with Gasteiger partial charge in [0.25, 0.3) is 0 Å². The Kier molecular flexibility index (Phi) is 3.78. The van der Waals surface area contributed by atoms with Gasteiger partial charge in [0.2, 0.25) is 0 Å². The zero-order valence-electron chi connectivity index (χ0n) is 10.3. The fourth-order valence-corrected chi connectivity index (χ4v) is 2.97. The second-order valence-corrected chi connectivity index (χ2v) is 5.86. The summed E-state index contributed by atoms with van der Waals surface area (Å²) in [6.07, 6.45) is 0. The molecule has 4 heteroatoms. The molecule has 0 atom stereocenters. The second-order valence-electron chi connectivity index (χ2n) is 4.31. The van der Waals surface area contributed by atoms with E-state index in [-0.39, 0.29) is 0 Å². The van der Waals surface area contributed by atoms with Gasteiger partial charge < -0.3 is 5.32 Å². The van der Waals surface area contributed by atoms with E-state index in [9.17, 15) is 0 Å². The van der Waals surface area contributed by atoms with E-state index < -0.39 is 0 Å². The number of thiazole rings is 1. The lowest BCUT2D eigenvalue weighted by molar-refractivity contribution is 0.691. The van der Waals surface area contributed by atoms with E-state index in [1.807, 2.05) is 36.4 Å². The molecule has 1 N–H and O–H groups in total. The van der Waals surface area contributed by atoms with Crippen LogP contribution in [-0.2, 0) is 13.1 Å². The molecule has 0 saturated carbocycles. The summed E-state index contributed by atoms with van der Waals surface area (Å²) in [7, 11) is 0. The first kappa shape index (κ1) is 12.6. The average molecular weight is 289 g/mol. The molecule has 0 spiro atoms. The number of hydrogen-bond acceptors (Lipinski definition) is 3. The van der Waals surface area contributed by atoms with E-state index in [0.717, 1.165) is 28.6 Å². The highest BCUT2D eigenvalue weighted by atomic mass is 35.5. The van der Waals surface area contributed by atoms with Crippen molar-refractivity contribution in [3.63, 3.8) is 0 Å². The molecule has 2 nitrogen and oxygen atoms in total. The van der Waals surface area contributed by atoms with Crippen molar-refractivity contribution in [2.45, 2.75) is 13.1 Å². The zero-order chi connectivity index (χ0) is 13.1. The Morgan fingerprint density at radius 1 is 1.00 bits per heavy atom. The van der Waals surface area contributed by atoms with E-state index in [0.29, 0.717) is 0 Å². The summed E-state index contributed by atoms with van der Waals surface area (Å²) >= 11 is 7.60. The summed E-state index contributed by atoms with van der Waals surface area (Å²) < 4.78 is 1.24. The number of halogens is 1. The maximum atomic E-state index is 5.86. The van der Waals surface area contributed by atoms with Crippen molar-refractivity contribution in [1.82, 2.24) is 10.3 Å². The van der Waals surface area contributed by atoms with Gasteiger partial charge in [-0.15, -0.1) is 11.3 Å². The minimum atomic E-state index is 0.773. The molecule has 96 valence electrons. The normalized spacial score (nSPS) is 11.0. The maximum absolute atomic E-state index is 5.86. The molecule has 0 saturated heterocycles. The highest BCUT2D eigenvalue weighted by Crippen LogP contribution is 2.21. The van der Waals surface area contributed by atoms with Crippen LogP contribution >= 0.6 is 22.9 Å². The molecule has 2 aromatic carbocycles. The predicted molar refractivity (Wildman–Crippen MR) is 81.6 cm³/mol. The van der Waals surface area contributed by atoms with Gasteiger partial charge in [0, 0.05) is 18.1 Å². The maximum Gasteiger partial charge on any atom is 0.108 e. The Morgan fingerprint density at radius 3 is 2.58 bits per heavy atom. The third-order valence-corrected chi connectivity index (χ3v) is 4.15. The smallest absolute Gasteiger partial charge is 0.108 e. The highest BCUT2D eigenvalue weighted by Gasteiger charge is 2.02. The number of aromatic nitrogens is 1. The first-order valence-electron chi connectivity index (χ1n) is 6.11. The molecule has 1 aromatic heterocycles. The first-order chi connectivity index (χ1) is 9.31. The van der Waals surface area contributed by atoms with Gasteiger partial charge in [0.1, 0.15) is 5.01 Å². The first-order valence-corrected chi connectivity index (χ1v) is 7.30. The quantitative estimate of drug-likeness (QED) is 0.777. The molecule has 3 rings (SSSR count). The van der Waals surface area contributed by atoms with Crippen LogP contribution in [0.25, 0.3) is 10.2 Å². The Labute approximate surface area is 121 Å². The minimum Gasteiger partial charge on any atom is -0.306 e. The van der Waals surface area contributed by atoms with E-state index >= 15 is 0 Å². The molecule has 0 aliphatic rings. The molecule has 19 heavy (non-hydrogen) atoms. The van der Waals surface area contributed by atoms with Crippen LogP contribution in [-0.4, -0.2) is 4.98 Å². The Morgan fingerprint density at radius 2 is 1.79 bits per heavy atom. The third kappa shape index (κ3) is 3.13. The standard InChI is InChI=1S/C15H13ClN2S/c16-12-7-5-11(6-8-12)9-17-10-15-18-13-3-1-2-4-14(13)19-15/h1-8,17H,9-10H2. The van der Waals surface area contributed by atoms with Crippen molar-refractivity contribution in [1.29, 1.82) is 0 Å². The van der Waals surface area contributed by atoms with Gasteiger partial charge in [-0.2, -0.15) is 0 Å². The number of benzene rings is 2. The summed E-state index contributed by atoms with van der Waals surface area (Å²) in [6.45, 7) is 1.62. The molecule has 0 radical (unpaired) electrons. The van der Waals surface area contributed by atoms with Crippen molar-refractivity contribution in [3.05, 3.63) is 64.1 Å². The van der Waals surface area contributed by atoms with Crippen molar-refractivity contribution in [2.24, 2.45) is 0 Å². The van der Waals surface area contributed by atoms with E-state index in [2.05, 4.69) is 22.4 Å². The molecule has 1 heterocycles. The van der Waals surface area contributed by atoms with Crippen LogP contribution < -0.4 is 5.32 Å². The van der Waals surface area contributed by atoms with Crippen LogP contribution in [0.15, 0.2) is 48.5 Å². The SMILES string of the molecule is Clc1ccc(CNCc2nc3ccccc3s2)cc1. The molecule has 0 aliphatic carbocycles. The monoisotopic (exact) mass is 288 g/mol. The van der Waals surface area contributed by atoms with Crippen LogP contribution in [0, 0.1) is 0 Å². The van der Waals surface area contributed by atoms with Crippen LogP contribution in [0.3, 0.4) is 0 Å². The largest absolute Gasteiger partial charge is 0.306 e. The molecular weight excluding hydrogens is 276 g/mol. The van der Waals surface area contributed by atoms with E-state index in [1.54, 1.807) is 11.3 Å². The second kappa shape index (κ2) is 5.70. The summed E-state index contributed by atoms with van der Waals surface area (Å²) in [5.41, 5.74) is 2.31. The van der Waals surface area contributed by atoms with Crippen molar-refractivity contribution < 1.29 is 0 Å². The Hall–Kier alpha value is -1.42. The van der Waals surface area contributed by atoms with Gasteiger partial charge in [0.05, 0.1) is 10.2 Å². The van der Waals surface area contributed by atoms with Crippen molar-refractivity contribution in [2.75, 3.05) is 0 Å². The van der Waals surface area contributed by atoms with Gasteiger partial charge in [-0.25, -0.2) is 4.98 Å². The fourth-order valence-electron chi connectivity index (χ4n) is 1.91. The molecular formula is C15H13ClN2S. The lowest BCUT2D eigenvalue weighted by Crippen LogP contribution is -2.12. The number of rotatable bonds is 4. The number of nitrogens with one attached hydrogen (secondary N) is 1. The summed E-state index contributed by atoms with van der Waals surface area (Å²) in [4.78, 5) is 4.59. The summed E-state index contributed by atoms with van der Waals surface area (Å²) in [5.74, 6) is 0. The number of hydrogen-bond donors (Lipinski definition) is 1. The Balaban J connectivity index is 1.61. The molecule has 0 fully saturated rings. The summed E-state index contributed by atoms with van der Waals surface area (Å²) in [5, 5.41) is 5.30. The third-order valence-electron chi connectivity index (χ3n) is 2.86. The minimum absolute atomic E-state index is 0.773. The lowest BCUT2D eigenvalue weighted by atomic mass is 10.2. The molecule has 0 amide bonds. The van der Waals surface area contributed by atoms with Crippen LogP contribution in [0.2, 0.25) is 5.02 Å². The van der Waals surface area contributed by atoms with Gasteiger partial charge in [-0.05, 0) is 29.8 Å². The molecule has 0 aliphatic heterocycles. The predicted octanol–water partition coefficient (Wildman–Crippen LogP) is 4.24. The average Bonchev–Trinajstić information content (AvgIpc) is 2.83. The lowest BCUT2D eigenvalue weighted by Gasteiger charge is -2.02. The van der Waals surface area contributed by atoms with Gasteiger partial charge in [-0.1, -0.05) is 35.9 Å².